The first-order valence-corrected chi connectivity index (χ1v) is 9.32. The second-order valence-corrected chi connectivity index (χ2v) is 7.18. The predicted octanol–water partition coefficient (Wildman–Crippen LogP) is 1.06. The molecule has 0 aliphatic carbocycles. The molecule has 0 aromatic carbocycles. The molecule has 0 saturated carbocycles. The molecule has 0 spiro atoms. The number of hydrogen-bond acceptors (Lipinski definition) is 8. The average Bonchev–Trinajstić information content (AvgIpc) is 3.40. The van der Waals surface area contributed by atoms with Crippen LogP contribution in [-0.4, -0.2) is 63.1 Å². The Morgan fingerprint density at radius 1 is 1.00 bits per heavy atom. The van der Waals surface area contributed by atoms with Gasteiger partial charge in [0.05, 0.1) is 19.5 Å². The van der Waals surface area contributed by atoms with E-state index < -0.39 is 0 Å². The van der Waals surface area contributed by atoms with Gasteiger partial charge in [-0.25, -0.2) is 9.97 Å². The van der Waals surface area contributed by atoms with Crippen molar-refractivity contribution in [2.45, 2.75) is 13.3 Å². The van der Waals surface area contributed by atoms with Gasteiger partial charge in [0.2, 0.25) is 5.95 Å². The molecule has 0 bridgehead atoms. The summed E-state index contributed by atoms with van der Waals surface area (Å²) in [5.74, 6) is 4.56. The van der Waals surface area contributed by atoms with Crippen molar-refractivity contribution in [1.82, 2.24) is 29.8 Å². The van der Waals surface area contributed by atoms with Gasteiger partial charge < -0.3 is 14.5 Å². The van der Waals surface area contributed by atoms with E-state index in [0.717, 1.165) is 55.8 Å². The fraction of sp³-hybridized carbons (Fsp3) is 0.500. The zero-order valence-corrected chi connectivity index (χ0v) is 15.5. The molecule has 0 amide bonds. The summed E-state index contributed by atoms with van der Waals surface area (Å²) in [6, 6.07) is 4.05. The molecule has 0 N–H and O–H groups in total. The van der Waals surface area contributed by atoms with Crippen LogP contribution in [0.4, 0.5) is 11.8 Å². The highest BCUT2D eigenvalue weighted by Gasteiger charge is 2.41. The Kier molecular flexibility index (Phi) is 3.80. The van der Waals surface area contributed by atoms with Crippen molar-refractivity contribution >= 4 is 17.4 Å². The van der Waals surface area contributed by atoms with Crippen LogP contribution in [0.5, 0.6) is 5.75 Å². The van der Waals surface area contributed by atoms with Crippen LogP contribution in [0, 0.1) is 11.8 Å². The van der Waals surface area contributed by atoms with Crippen LogP contribution in [-0.2, 0) is 6.42 Å². The maximum atomic E-state index is 5.14. The number of anilines is 2. The van der Waals surface area contributed by atoms with Crippen molar-refractivity contribution in [3.05, 3.63) is 30.4 Å². The van der Waals surface area contributed by atoms with Crippen LogP contribution < -0.4 is 14.5 Å². The molecule has 2 aliphatic heterocycles. The van der Waals surface area contributed by atoms with Gasteiger partial charge >= 0.3 is 0 Å². The van der Waals surface area contributed by atoms with E-state index in [-0.39, 0.29) is 0 Å². The Labute approximate surface area is 157 Å². The Morgan fingerprint density at radius 2 is 1.70 bits per heavy atom. The summed E-state index contributed by atoms with van der Waals surface area (Å²) in [6.07, 6.45) is 4.28. The first-order chi connectivity index (χ1) is 13.2. The number of fused-ring (bicyclic) bond motifs is 2. The third kappa shape index (κ3) is 2.73. The fourth-order valence-electron chi connectivity index (χ4n) is 4.13. The molecule has 9 heteroatoms. The SMILES string of the molecule is CCc1nnc2ccc(N3CC4CN(c5ncc(OC)cn5)CC4C3)nn12. The van der Waals surface area contributed by atoms with E-state index in [9.17, 15) is 0 Å². The molecule has 27 heavy (non-hydrogen) atoms. The van der Waals surface area contributed by atoms with Crippen molar-refractivity contribution in [2.24, 2.45) is 11.8 Å². The summed E-state index contributed by atoms with van der Waals surface area (Å²) in [5.41, 5.74) is 0.804. The molecule has 3 aromatic rings. The number of nitrogens with zero attached hydrogens (tertiary/aromatic N) is 8. The number of hydrogen-bond donors (Lipinski definition) is 0. The molecule has 2 fully saturated rings. The van der Waals surface area contributed by atoms with Gasteiger partial charge in [-0.2, -0.15) is 4.52 Å². The Morgan fingerprint density at radius 3 is 2.37 bits per heavy atom. The van der Waals surface area contributed by atoms with Gasteiger partial charge in [-0.3, -0.25) is 0 Å². The van der Waals surface area contributed by atoms with Gasteiger partial charge in [-0.15, -0.1) is 15.3 Å². The van der Waals surface area contributed by atoms with Gasteiger partial charge in [0.1, 0.15) is 5.82 Å². The minimum atomic E-state index is 0.597. The standard InChI is InChI=1S/C18H22N8O/c1-3-15-21-22-16-4-5-17(23-26(15)16)24-8-12-10-25(11-13(12)9-24)18-19-6-14(27-2)7-20-18/h4-7,12-13H,3,8-11H2,1-2H3. The minimum absolute atomic E-state index is 0.597. The lowest BCUT2D eigenvalue weighted by molar-refractivity contribution is 0.410. The molecule has 140 valence electrons. The number of aromatic nitrogens is 6. The topological polar surface area (TPSA) is 84.6 Å². The van der Waals surface area contributed by atoms with Gasteiger partial charge in [-0.1, -0.05) is 6.92 Å². The third-order valence-corrected chi connectivity index (χ3v) is 5.57. The highest BCUT2D eigenvalue weighted by molar-refractivity contribution is 5.47. The molecule has 2 aliphatic rings. The smallest absolute Gasteiger partial charge is 0.225 e. The summed E-state index contributed by atoms with van der Waals surface area (Å²) in [6.45, 7) is 6.02. The van der Waals surface area contributed by atoms with Gasteiger partial charge in [0, 0.05) is 44.4 Å². The van der Waals surface area contributed by atoms with Gasteiger partial charge in [0.15, 0.2) is 17.2 Å². The molecule has 2 saturated heterocycles. The molecule has 3 aromatic heterocycles. The van der Waals surface area contributed by atoms with E-state index in [1.54, 1.807) is 19.5 Å². The Balaban J connectivity index is 1.30. The van der Waals surface area contributed by atoms with Crippen molar-refractivity contribution < 1.29 is 4.74 Å². The maximum absolute atomic E-state index is 5.14. The van der Waals surface area contributed by atoms with Crippen LogP contribution in [0.3, 0.4) is 0 Å². The third-order valence-electron chi connectivity index (χ3n) is 5.57. The molecule has 9 nitrogen and oxygen atoms in total. The summed E-state index contributed by atoms with van der Waals surface area (Å²) in [5, 5.41) is 13.1. The lowest BCUT2D eigenvalue weighted by Gasteiger charge is -2.22. The van der Waals surface area contributed by atoms with E-state index in [1.165, 1.54) is 0 Å². The summed E-state index contributed by atoms with van der Waals surface area (Å²) < 4.78 is 7.00. The Bertz CT molecular complexity index is 942. The zero-order valence-electron chi connectivity index (χ0n) is 15.5. The van der Waals surface area contributed by atoms with E-state index >= 15 is 0 Å². The minimum Gasteiger partial charge on any atom is -0.494 e. The van der Waals surface area contributed by atoms with E-state index in [0.29, 0.717) is 17.6 Å². The lowest BCUT2D eigenvalue weighted by Crippen LogP contribution is -2.30. The average molecular weight is 366 g/mol. The fourth-order valence-corrected chi connectivity index (χ4v) is 4.13. The molecule has 5 heterocycles. The normalized spacial score (nSPS) is 21.9. The highest BCUT2D eigenvalue weighted by Crippen LogP contribution is 2.34. The summed E-state index contributed by atoms with van der Waals surface area (Å²) >= 11 is 0. The van der Waals surface area contributed by atoms with E-state index in [1.807, 2.05) is 10.6 Å². The van der Waals surface area contributed by atoms with E-state index in [2.05, 4.69) is 43.0 Å². The molecule has 5 rings (SSSR count). The number of aryl methyl sites for hydroxylation is 1. The van der Waals surface area contributed by atoms with Crippen LogP contribution in [0.15, 0.2) is 24.5 Å². The first kappa shape index (κ1) is 16.2. The van der Waals surface area contributed by atoms with Crippen molar-refractivity contribution in [1.29, 1.82) is 0 Å². The predicted molar refractivity (Wildman–Crippen MR) is 100 cm³/mol. The number of methoxy groups -OCH3 is 1. The van der Waals surface area contributed by atoms with Gasteiger partial charge in [0.25, 0.3) is 0 Å². The first-order valence-electron chi connectivity index (χ1n) is 9.32. The van der Waals surface area contributed by atoms with Crippen LogP contribution >= 0.6 is 0 Å². The monoisotopic (exact) mass is 366 g/mol. The molecule has 2 atom stereocenters. The summed E-state index contributed by atoms with van der Waals surface area (Å²) in [4.78, 5) is 13.5. The maximum Gasteiger partial charge on any atom is 0.225 e. The van der Waals surface area contributed by atoms with Crippen LogP contribution in [0.25, 0.3) is 5.65 Å². The highest BCUT2D eigenvalue weighted by atomic mass is 16.5. The van der Waals surface area contributed by atoms with Crippen molar-refractivity contribution in [3.63, 3.8) is 0 Å². The largest absolute Gasteiger partial charge is 0.494 e. The quantitative estimate of drug-likeness (QED) is 0.678. The number of rotatable bonds is 4. The second kappa shape index (κ2) is 6.33. The molecule has 0 radical (unpaired) electrons. The second-order valence-electron chi connectivity index (χ2n) is 7.18. The molecule has 2 unspecified atom stereocenters. The molecular formula is C18H22N8O. The van der Waals surface area contributed by atoms with Crippen LogP contribution in [0.1, 0.15) is 12.7 Å². The van der Waals surface area contributed by atoms with Crippen molar-refractivity contribution in [2.75, 3.05) is 43.1 Å². The van der Waals surface area contributed by atoms with Gasteiger partial charge in [-0.05, 0) is 12.1 Å². The van der Waals surface area contributed by atoms with E-state index in [4.69, 9.17) is 9.84 Å². The molecular weight excluding hydrogens is 344 g/mol. The zero-order chi connectivity index (χ0) is 18.4. The lowest BCUT2D eigenvalue weighted by atomic mass is 10.0. The number of ether oxygens (including phenoxy) is 1. The Hall–Kier alpha value is -2.97. The van der Waals surface area contributed by atoms with Crippen molar-refractivity contribution in [3.8, 4) is 5.75 Å². The van der Waals surface area contributed by atoms with Crippen LogP contribution in [0.2, 0.25) is 0 Å². The summed E-state index contributed by atoms with van der Waals surface area (Å²) in [7, 11) is 1.63.